The second-order valence-electron chi connectivity index (χ2n) is 10.2. The van der Waals surface area contributed by atoms with Crippen LogP contribution >= 0.6 is 0 Å². The van der Waals surface area contributed by atoms with Crippen molar-refractivity contribution in [1.29, 1.82) is 0 Å². The van der Waals surface area contributed by atoms with Crippen molar-refractivity contribution in [3.8, 4) is 34.3 Å². The number of aryl methyl sites for hydroxylation is 2. The molecule has 6 nitrogen and oxygen atoms in total. The van der Waals surface area contributed by atoms with E-state index in [1.165, 1.54) is 11.1 Å². The Bertz CT molecular complexity index is 1880. The van der Waals surface area contributed by atoms with Gasteiger partial charge in [0, 0.05) is 6.20 Å². The number of hydrogen-bond donors (Lipinski definition) is 1. The fraction of sp³-hybridized carbons (Fsp3) is 0.176. The van der Waals surface area contributed by atoms with Crippen LogP contribution < -0.4 is 4.74 Å². The first-order valence-electron chi connectivity index (χ1n) is 13.6. The Kier molecular flexibility index (Phi) is 6.60. The summed E-state index contributed by atoms with van der Waals surface area (Å²) in [5.74, 6) is 2.93. The third kappa shape index (κ3) is 4.41. The number of phenolic OH excluding ortho intramolecular Hbond substituents is 1. The Morgan fingerprint density at radius 2 is 1.40 bits per heavy atom. The van der Waals surface area contributed by atoms with Crippen LogP contribution in [0.15, 0.2) is 91.0 Å². The van der Waals surface area contributed by atoms with Gasteiger partial charge >= 0.3 is 0 Å². The van der Waals surface area contributed by atoms with E-state index in [9.17, 15) is 5.11 Å². The number of hydrogen-bond acceptors (Lipinski definition) is 4. The van der Waals surface area contributed by atoms with E-state index in [1.807, 2.05) is 85.3 Å². The Morgan fingerprint density at radius 3 is 2.12 bits per heavy atom. The van der Waals surface area contributed by atoms with Crippen LogP contribution in [0.1, 0.15) is 25.0 Å². The number of fused-ring (bicyclic) bond motifs is 6. The van der Waals surface area contributed by atoms with E-state index in [0.29, 0.717) is 0 Å². The van der Waals surface area contributed by atoms with Crippen LogP contribution in [0.5, 0.6) is 11.5 Å². The lowest BCUT2D eigenvalue weighted by Crippen LogP contribution is -2.17. The molecule has 2 aromatic heterocycles. The smallest absolute Gasteiger partial charge is 0.148 e. The lowest BCUT2D eigenvalue weighted by Gasteiger charge is -2.13. The molecule has 6 aromatic rings. The van der Waals surface area contributed by atoms with Gasteiger partial charge in [-0.05, 0) is 75.2 Å². The molecule has 0 aliphatic carbocycles. The highest BCUT2D eigenvalue weighted by atomic mass is 16.5. The van der Waals surface area contributed by atoms with Gasteiger partial charge in [0.25, 0.3) is 0 Å². The van der Waals surface area contributed by atoms with Gasteiger partial charge in [-0.1, -0.05) is 54.6 Å². The monoisotopic (exact) mass is 528 g/mol. The molecular weight excluding hydrogens is 496 g/mol. The molecule has 0 saturated carbocycles. The zero-order chi connectivity index (χ0) is 27.8. The molecule has 1 N–H and O–H groups in total. The van der Waals surface area contributed by atoms with Gasteiger partial charge in [-0.3, -0.25) is 4.57 Å². The molecular formula is C34H32N4O2. The largest absolute Gasteiger partial charge is 0.507 e. The standard InChI is InChI=1S/2C17H16N2O/c1-11-6-5-8-14-16(11)18-17-13-7-3-4-9-15(13)20-12(2)10-19(14)17;1-3-11-19-14-9-6-7-12(2)16(14)18-17(19)13-8-4-5-10-15(13)20/h3-9,12H,10H2,1-2H3;3-11,20H,1-2H3. The highest BCUT2D eigenvalue weighted by Gasteiger charge is 2.23. The highest BCUT2D eigenvalue weighted by Crippen LogP contribution is 2.36. The average Bonchev–Trinajstić information content (AvgIpc) is 3.46. The van der Waals surface area contributed by atoms with Crippen molar-refractivity contribution >= 4 is 28.3 Å². The fourth-order valence-electron chi connectivity index (χ4n) is 5.35. The molecule has 1 unspecified atom stereocenters. The predicted molar refractivity (Wildman–Crippen MR) is 163 cm³/mol. The molecule has 1 aliphatic heterocycles. The van der Waals surface area contributed by atoms with E-state index in [2.05, 4.69) is 42.7 Å². The fourth-order valence-corrected chi connectivity index (χ4v) is 5.35. The SMILES string of the molecule is CC=Cn1c(-c2ccccc2O)nc2c(C)cccc21.Cc1cccc2c1nc1n2CC(C)Oc2ccccc2-1. The number of ether oxygens (including phenoxy) is 1. The van der Waals surface area contributed by atoms with Crippen molar-refractivity contribution in [2.24, 2.45) is 0 Å². The second kappa shape index (κ2) is 10.4. The van der Waals surface area contributed by atoms with E-state index in [-0.39, 0.29) is 11.9 Å². The van der Waals surface area contributed by atoms with Crippen LogP contribution in [0.3, 0.4) is 0 Å². The maximum atomic E-state index is 10.1. The first-order chi connectivity index (χ1) is 19.5. The third-order valence-corrected chi connectivity index (χ3v) is 7.24. The van der Waals surface area contributed by atoms with Crippen LogP contribution in [-0.2, 0) is 6.54 Å². The predicted octanol–water partition coefficient (Wildman–Crippen LogP) is 8.00. The summed E-state index contributed by atoms with van der Waals surface area (Å²) in [6, 6.07) is 27.9. The summed E-state index contributed by atoms with van der Waals surface area (Å²) in [5.41, 5.74) is 8.44. The molecule has 0 saturated heterocycles. The zero-order valence-corrected chi connectivity index (χ0v) is 23.2. The number of nitrogens with zero attached hydrogens (tertiary/aromatic N) is 4. The molecule has 0 fully saturated rings. The second-order valence-corrected chi connectivity index (χ2v) is 10.2. The van der Waals surface area contributed by atoms with Crippen molar-refractivity contribution in [2.75, 3.05) is 0 Å². The summed E-state index contributed by atoms with van der Waals surface area (Å²) in [7, 11) is 0. The molecule has 0 spiro atoms. The average molecular weight is 529 g/mol. The van der Waals surface area contributed by atoms with Gasteiger partial charge in [0.15, 0.2) is 0 Å². The number of phenols is 1. The lowest BCUT2D eigenvalue weighted by atomic mass is 10.2. The Hall–Kier alpha value is -4.84. The van der Waals surface area contributed by atoms with Crippen LogP contribution in [0.25, 0.3) is 51.0 Å². The highest BCUT2D eigenvalue weighted by molar-refractivity contribution is 5.87. The number of para-hydroxylation sites is 4. The molecule has 6 heteroatoms. The van der Waals surface area contributed by atoms with Crippen LogP contribution in [0.4, 0.5) is 0 Å². The molecule has 1 atom stereocenters. The summed E-state index contributed by atoms with van der Waals surface area (Å²) < 4.78 is 10.3. The number of aromatic nitrogens is 4. The number of rotatable bonds is 2. The van der Waals surface area contributed by atoms with Gasteiger partial charge in [0.05, 0.1) is 39.7 Å². The van der Waals surface area contributed by atoms with Crippen molar-refractivity contribution in [3.63, 3.8) is 0 Å². The van der Waals surface area contributed by atoms with Gasteiger partial charge < -0.3 is 14.4 Å². The quantitative estimate of drug-likeness (QED) is 0.247. The van der Waals surface area contributed by atoms with Gasteiger partial charge in [-0.25, -0.2) is 9.97 Å². The first-order valence-corrected chi connectivity index (χ1v) is 13.6. The van der Waals surface area contributed by atoms with E-state index >= 15 is 0 Å². The van der Waals surface area contributed by atoms with Crippen LogP contribution in [0, 0.1) is 13.8 Å². The van der Waals surface area contributed by atoms with Crippen LogP contribution in [0.2, 0.25) is 0 Å². The van der Waals surface area contributed by atoms with Gasteiger partial charge in [-0.2, -0.15) is 0 Å². The van der Waals surface area contributed by atoms with E-state index in [4.69, 9.17) is 14.7 Å². The third-order valence-electron chi connectivity index (χ3n) is 7.24. The minimum Gasteiger partial charge on any atom is -0.507 e. The van der Waals surface area contributed by atoms with Crippen molar-refractivity contribution < 1.29 is 9.84 Å². The molecule has 4 aromatic carbocycles. The number of imidazole rings is 2. The maximum absolute atomic E-state index is 10.1. The Labute approximate surface area is 233 Å². The normalized spacial score (nSPS) is 14.3. The summed E-state index contributed by atoms with van der Waals surface area (Å²) in [4.78, 5) is 9.59. The first kappa shape index (κ1) is 25.4. The molecule has 7 rings (SSSR count). The summed E-state index contributed by atoms with van der Waals surface area (Å²) >= 11 is 0. The lowest BCUT2D eigenvalue weighted by molar-refractivity contribution is 0.207. The topological polar surface area (TPSA) is 65.1 Å². The number of benzene rings is 4. The van der Waals surface area contributed by atoms with E-state index < -0.39 is 0 Å². The van der Waals surface area contributed by atoms with Crippen molar-refractivity contribution in [3.05, 3.63) is 102 Å². The maximum Gasteiger partial charge on any atom is 0.148 e. The van der Waals surface area contributed by atoms with Gasteiger partial charge in [-0.15, -0.1) is 0 Å². The summed E-state index contributed by atoms with van der Waals surface area (Å²) in [6.07, 6.45) is 4.07. The summed E-state index contributed by atoms with van der Waals surface area (Å²) in [5, 5.41) is 10.1. The van der Waals surface area contributed by atoms with E-state index in [1.54, 1.807) is 6.07 Å². The van der Waals surface area contributed by atoms with E-state index in [0.717, 1.165) is 57.2 Å². The molecule has 0 amide bonds. The minimum atomic E-state index is 0.135. The minimum absolute atomic E-state index is 0.135. The van der Waals surface area contributed by atoms with Crippen molar-refractivity contribution in [2.45, 2.75) is 40.3 Å². The number of allylic oxidation sites excluding steroid dienone is 1. The zero-order valence-electron chi connectivity index (χ0n) is 23.2. The molecule has 40 heavy (non-hydrogen) atoms. The van der Waals surface area contributed by atoms with Gasteiger partial charge in [0.2, 0.25) is 0 Å². The molecule has 0 bridgehead atoms. The molecule has 3 heterocycles. The van der Waals surface area contributed by atoms with Crippen LogP contribution in [-0.4, -0.2) is 30.3 Å². The van der Waals surface area contributed by atoms with Gasteiger partial charge in [0.1, 0.15) is 29.3 Å². The Balaban J connectivity index is 0.000000145. The Morgan fingerprint density at radius 1 is 0.775 bits per heavy atom. The summed E-state index contributed by atoms with van der Waals surface area (Å²) in [6.45, 7) is 9.05. The molecule has 0 radical (unpaired) electrons. The number of aromatic hydroxyl groups is 1. The molecule has 200 valence electrons. The van der Waals surface area contributed by atoms with Crippen molar-refractivity contribution in [1.82, 2.24) is 19.1 Å². The molecule has 1 aliphatic rings.